The van der Waals surface area contributed by atoms with Crippen molar-refractivity contribution >= 4 is 15.7 Å². The SMILES string of the molecule is COc1cc(C)c(S(=O)(=O)N2CCc3cc(OC)ccc32)c(C)c1. The normalized spacial score (nSPS) is 13.8. The van der Waals surface area contributed by atoms with Crippen LogP contribution in [0.5, 0.6) is 11.5 Å². The summed E-state index contributed by atoms with van der Waals surface area (Å²) in [6.07, 6.45) is 0.681. The van der Waals surface area contributed by atoms with Gasteiger partial charge >= 0.3 is 0 Å². The molecule has 0 amide bonds. The molecule has 1 aliphatic heterocycles. The van der Waals surface area contributed by atoms with Crippen molar-refractivity contribution in [3.05, 3.63) is 47.0 Å². The summed E-state index contributed by atoms with van der Waals surface area (Å²) in [4.78, 5) is 0.354. The Bertz CT molecular complexity index is 867. The first-order valence-electron chi connectivity index (χ1n) is 7.73. The summed E-state index contributed by atoms with van der Waals surface area (Å²) in [5.74, 6) is 1.40. The summed E-state index contributed by atoms with van der Waals surface area (Å²) < 4.78 is 38.4. The minimum absolute atomic E-state index is 0.354. The number of benzene rings is 2. The largest absolute Gasteiger partial charge is 0.497 e. The van der Waals surface area contributed by atoms with E-state index in [0.29, 0.717) is 34.7 Å². The lowest BCUT2D eigenvalue weighted by molar-refractivity contribution is 0.413. The number of hydrogen-bond acceptors (Lipinski definition) is 4. The summed E-state index contributed by atoms with van der Waals surface area (Å²) in [5.41, 5.74) is 3.09. The van der Waals surface area contributed by atoms with Gasteiger partial charge in [-0.15, -0.1) is 0 Å². The molecule has 6 heteroatoms. The highest BCUT2D eigenvalue weighted by Crippen LogP contribution is 2.37. The van der Waals surface area contributed by atoms with Gasteiger partial charge in [0.15, 0.2) is 0 Å². The number of anilines is 1. The van der Waals surface area contributed by atoms with Gasteiger partial charge in [0.05, 0.1) is 24.8 Å². The Kier molecular flexibility index (Phi) is 4.17. The molecular formula is C18H21NO4S. The average Bonchev–Trinajstić information content (AvgIpc) is 2.97. The molecule has 3 rings (SSSR count). The molecule has 2 aromatic carbocycles. The topological polar surface area (TPSA) is 55.8 Å². The lowest BCUT2D eigenvalue weighted by Crippen LogP contribution is -2.30. The molecule has 0 saturated heterocycles. The van der Waals surface area contributed by atoms with E-state index in [9.17, 15) is 8.42 Å². The van der Waals surface area contributed by atoms with Gasteiger partial charge in [0, 0.05) is 6.54 Å². The van der Waals surface area contributed by atoms with Gasteiger partial charge in [-0.2, -0.15) is 0 Å². The summed E-state index contributed by atoms with van der Waals surface area (Å²) >= 11 is 0. The lowest BCUT2D eigenvalue weighted by Gasteiger charge is -2.22. The zero-order chi connectivity index (χ0) is 17.5. The van der Waals surface area contributed by atoms with Crippen molar-refractivity contribution in [3.63, 3.8) is 0 Å². The van der Waals surface area contributed by atoms with Gasteiger partial charge < -0.3 is 9.47 Å². The van der Waals surface area contributed by atoms with E-state index >= 15 is 0 Å². The van der Waals surface area contributed by atoms with E-state index in [-0.39, 0.29) is 0 Å². The van der Waals surface area contributed by atoms with Crippen LogP contribution in [0.2, 0.25) is 0 Å². The molecule has 0 atom stereocenters. The van der Waals surface area contributed by atoms with Crippen molar-refractivity contribution < 1.29 is 17.9 Å². The fraction of sp³-hybridized carbons (Fsp3) is 0.333. The summed E-state index contributed by atoms with van der Waals surface area (Å²) in [7, 11) is -0.439. The number of nitrogens with zero attached hydrogens (tertiary/aromatic N) is 1. The van der Waals surface area contributed by atoms with Crippen LogP contribution in [0.25, 0.3) is 0 Å². The Morgan fingerprint density at radius 2 is 1.58 bits per heavy atom. The van der Waals surface area contributed by atoms with Crippen molar-refractivity contribution in [3.8, 4) is 11.5 Å². The van der Waals surface area contributed by atoms with E-state index in [0.717, 1.165) is 17.0 Å². The maximum absolute atomic E-state index is 13.2. The molecule has 0 bridgehead atoms. The molecule has 2 aromatic rings. The maximum Gasteiger partial charge on any atom is 0.264 e. The number of methoxy groups -OCH3 is 2. The van der Waals surface area contributed by atoms with Gasteiger partial charge in [-0.3, -0.25) is 4.31 Å². The fourth-order valence-electron chi connectivity index (χ4n) is 3.27. The van der Waals surface area contributed by atoms with Gasteiger partial charge in [0.1, 0.15) is 11.5 Å². The van der Waals surface area contributed by atoms with Gasteiger partial charge in [-0.1, -0.05) is 0 Å². The van der Waals surface area contributed by atoms with Crippen LogP contribution in [0, 0.1) is 13.8 Å². The standard InChI is InChI=1S/C18H21NO4S/c1-12-9-16(23-4)10-13(2)18(12)24(20,21)19-8-7-14-11-15(22-3)5-6-17(14)19/h5-6,9-11H,7-8H2,1-4H3. The number of ether oxygens (including phenoxy) is 2. The second-order valence-corrected chi connectivity index (χ2v) is 7.71. The minimum atomic E-state index is -3.62. The van der Waals surface area contributed by atoms with Crippen molar-refractivity contribution in [2.75, 3.05) is 25.1 Å². The van der Waals surface area contributed by atoms with E-state index in [1.165, 1.54) is 4.31 Å². The predicted molar refractivity (Wildman–Crippen MR) is 93.7 cm³/mol. The highest BCUT2D eigenvalue weighted by Gasteiger charge is 2.33. The first kappa shape index (κ1) is 16.6. The number of aryl methyl sites for hydroxylation is 2. The molecule has 1 heterocycles. The van der Waals surface area contributed by atoms with Crippen molar-refractivity contribution in [2.45, 2.75) is 25.2 Å². The van der Waals surface area contributed by atoms with Crippen LogP contribution >= 0.6 is 0 Å². The third kappa shape index (κ3) is 2.60. The van der Waals surface area contributed by atoms with E-state index in [2.05, 4.69) is 0 Å². The molecule has 24 heavy (non-hydrogen) atoms. The minimum Gasteiger partial charge on any atom is -0.497 e. The number of hydrogen-bond donors (Lipinski definition) is 0. The first-order valence-corrected chi connectivity index (χ1v) is 9.17. The van der Waals surface area contributed by atoms with Gasteiger partial charge in [-0.05, 0) is 67.3 Å². The molecule has 0 aliphatic carbocycles. The molecule has 0 saturated carbocycles. The highest BCUT2D eigenvalue weighted by molar-refractivity contribution is 7.93. The van der Waals surface area contributed by atoms with Gasteiger partial charge in [0.25, 0.3) is 10.0 Å². The summed E-state index contributed by atoms with van der Waals surface area (Å²) in [6.45, 7) is 4.04. The van der Waals surface area contributed by atoms with E-state index in [1.807, 2.05) is 12.1 Å². The molecule has 0 spiro atoms. The maximum atomic E-state index is 13.2. The smallest absolute Gasteiger partial charge is 0.264 e. The molecule has 5 nitrogen and oxygen atoms in total. The van der Waals surface area contributed by atoms with Gasteiger partial charge in [-0.25, -0.2) is 8.42 Å². The van der Waals surface area contributed by atoms with Crippen LogP contribution in [-0.2, 0) is 16.4 Å². The van der Waals surface area contributed by atoms with Crippen LogP contribution in [0.15, 0.2) is 35.2 Å². The average molecular weight is 347 g/mol. The van der Waals surface area contributed by atoms with Crippen LogP contribution < -0.4 is 13.8 Å². The van der Waals surface area contributed by atoms with Gasteiger partial charge in [0.2, 0.25) is 0 Å². The Morgan fingerprint density at radius 3 is 2.17 bits per heavy atom. The Labute approximate surface area is 142 Å². The second-order valence-electron chi connectivity index (χ2n) is 5.91. The van der Waals surface area contributed by atoms with Crippen molar-refractivity contribution in [2.24, 2.45) is 0 Å². The molecule has 0 unspecified atom stereocenters. The van der Waals surface area contributed by atoms with Crippen LogP contribution in [0.3, 0.4) is 0 Å². The molecule has 128 valence electrons. The quantitative estimate of drug-likeness (QED) is 0.853. The van der Waals surface area contributed by atoms with Crippen LogP contribution in [0.1, 0.15) is 16.7 Å². The van der Waals surface area contributed by atoms with E-state index < -0.39 is 10.0 Å². The van der Waals surface area contributed by atoms with Crippen molar-refractivity contribution in [1.82, 2.24) is 0 Å². The monoisotopic (exact) mass is 347 g/mol. The summed E-state index contributed by atoms with van der Waals surface area (Å²) in [5, 5.41) is 0. The van der Waals surface area contributed by atoms with E-state index in [1.54, 1.807) is 46.3 Å². The van der Waals surface area contributed by atoms with Crippen molar-refractivity contribution in [1.29, 1.82) is 0 Å². The molecule has 0 fully saturated rings. The summed E-state index contributed by atoms with van der Waals surface area (Å²) in [6, 6.07) is 9.02. The molecule has 0 aromatic heterocycles. The molecule has 1 aliphatic rings. The third-order valence-corrected chi connectivity index (χ3v) is 6.48. The number of sulfonamides is 1. The zero-order valence-corrected chi connectivity index (χ0v) is 15.1. The lowest BCUT2D eigenvalue weighted by atomic mass is 10.1. The zero-order valence-electron chi connectivity index (χ0n) is 14.3. The first-order chi connectivity index (χ1) is 11.4. The molecular weight excluding hydrogens is 326 g/mol. The highest BCUT2D eigenvalue weighted by atomic mass is 32.2. The van der Waals surface area contributed by atoms with E-state index in [4.69, 9.17) is 9.47 Å². The third-order valence-electron chi connectivity index (χ3n) is 4.36. The van der Waals surface area contributed by atoms with Crippen LogP contribution in [-0.4, -0.2) is 29.2 Å². The number of fused-ring (bicyclic) bond motifs is 1. The Balaban J connectivity index is 2.09. The molecule has 0 N–H and O–H groups in total. The second kappa shape index (κ2) is 6.02. The molecule has 0 radical (unpaired) electrons. The van der Waals surface area contributed by atoms with Crippen LogP contribution in [0.4, 0.5) is 5.69 Å². The Hall–Kier alpha value is -2.21. The fourth-order valence-corrected chi connectivity index (χ4v) is 5.19. The number of rotatable bonds is 4. The predicted octanol–water partition coefficient (Wildman–Crippen LogP) is 3.07. The Morgan fingerprint density at radius 1 is 0.958 bits per heavy atom.